The highest BCUT2D eigenvalue weighted by atomic mass is 16.3. The van der Waals surface area contributed by atoms with Crippen LogP contribution in [0.2, 0.25) is 0 Å². The number of hydrogen-bond donors (Lipinski definition) is 2. The van der Waals surface area contributed by atoms with E-state index >= 15 is 0 Å². The van der Waals surface area contributed by atoms with E-state index < -0.39 is 0 Å². The minimum absolute atomic E-state index is 0.0536. The second-order valence-corrected chi connectivity index (χ2v) is 5.93. The summed E-state index contributed by atoms with van der Waals surface area (Å²) in [4.78, 5) is 14.0. The molecule has 0 aromatic heterocycles. The first-order valence-electron chi connectivity index (χ1n) is 6.58. The topological polar surface area (TPSA) is 52.6 Å². The van der Waals surface area contributed by atoms with Gasteiger partial charge >= 0.3 is 0 Å². The molecule has 1 rings (SSSR count). The Morgan fingerprint density at radius 3 is 2.41 bits per heavy atom. The smallest absolute Gasteiger partial charge is 0.234 e. The summed E-state index contributed by atoms with van der Waals surface area (Å²) >= 11 is 0. The second-order valence-electron chi connectivity index (χ2n) is 5.93. The zero-order valence-corrected chi connectivity index (χ0v) is 11.3. The quantitative estimate of drug-likeness (QED) is 0.760. The van der Waals surface area contributed by atoms with E-state index in [9.17, 15) is 4.79 Å². The van der Waals surface area contributed by atoms with Crippen LogP contribution in [0.25, 0.3) is 0 Å². The third-order valence-electron chi connectivity index (χ3n) is 3.09. The van der Waals surface area contributed by atoms with Gasteiger partial charge in [-0.3, -0.25) is 9.69 Å². The van der Waals surface area contributed by atoms with Gasteiger partial charge in [-0.2, -0.15) is 0 Å². The van der Waals surface area contributed by atoms with Crippen LogP contribution in [-0.4, -0.2) is 47.2 Å². The van der Waals surface area contributed by atoms with E-state index in [4.69, 9.17) is 5.11 Å². The van der Waals surface area contributed by atoms with Crippen molar-refractivity contribution >= 4 is 5.91 Å². The average molecular weight is 242 g/mol. The van der Waals surface area contributed by atoms with Crippen molar-refractivity contribution < 1.29 is 9.90 Å². The Hall–Kier alpha value is -0.610. The minimum Gasteiger partial charge on any atom is -0.395 e. The van der Waals surface area contributed by atoms with Crippen molar-refractivity contribution in [1.29, 1.82) is 0 Å². The maximum absolute atomic E-state index is 11.9. The fourth-order valence-corrected chi connectivity index (χ4v) is 2.43. The highest BCUT2D eigenvalue weighted by Gasteiger charge is 2.25. The van der Waals surface area contributed by atoms with Crippen LogP contribution in [0.3, 0.4) is 0 Å². The molecule has 0 aromatic carbocycles. The minimum atomic E-state index is -0.183. The summed E-state index contributed by atoms with van der Waals surface area (Å²) < 4.78 is 0. The van der Waals surface area contributed by atoms with Gasteiger partial charge < -0.3 is 10.4 Å². The summed E-state index contributed by atoms with van der Waals surface area (Å²) in [5, 5.41) is 12.0. The first-order chi connectivity index (χ1) is 7.92. The number of aliphatic hydroxyl groups excluding tert-OH is 1. The van der Waals surface area contributed by atoms with E-state index in [0.717, 1.165) is 12.8 Å². The van der Waals surface area contributed by atoms with E-state index in [1.807, 2.05) is 20.8 Å². The van der Waals surface area contributed by atoms with Crippen LogP contribution in [0.5, 0.6) is 0 Å². The molecule has 1 fully saturated rings. The number of nitrogens with one attached hydrogen (secondary N) is 1. The van der Waals surface area contributed by atoms with Gasteiger partial charge in [-0.1, -0.05) is 12.8 Å². The van der Waals surface area contributed by atoms with E-state index in [1.54, 1.807) is 0 Å². The van der Waals surface area contributed by atoms with Gasteiger partial charge in [0.15, 0.2) is 0 Å². The normalized spacial score (nSPS) is 17.7. The van der Waals surface area contributed by atoms with Crippen LogP contribution in [0.15, 0.2) is 0 Å². The van der Waals surface area contributed by atoms with E-state index in [1.165, 1.54) is 12.8 Å². The first kappa shape index (κ1) is 14.5. The molecule has 0 unspecified atom stereocenters. The van der Waals surface area contributed by atoms with Crippen molar-refractivity contribution in [3.05, 3.63) is 0 Å². The summed E-state index contributed by atoms with van der Waals surface area (Å²) in [5.74, 6) is 0.0536. The van der Waals surface area contributed by atoms with Crippen molar-refractivity contribution in [3.63, 3.8) is 0 Å². The van der Waals surface area contributed by atoms with Gasteiger partial charge in [0.2, 0.25) is 5.91 Å². The number of amides is 1. The largest absolute Gasteiger partial charge is 0.395 e. The van der Waals surface area contributed by atoms with Crippen LogP contribution in [0.1, 0.15) is 46.5 Å². The lowest BCUT2D eigenvalue weighted by atomic mass is 10.1. The Morgan fingerprint density at radius 1 is 1.35 bits per heavy atom. The molecule has 0 spiro atoms. The SMILES string of the molecule is CC(C)(C)NC(=O)CN(CCO)C1CCCC1. The molecule has 2 N–H and O–H groups in total. The Bertz CT molecular complexity index is 242. The molecule has 1 amide bonds. The van der Waals surface area contributed by atoms with Gasteiger partial charge in [0, 0.05) is 18.1 Å². The number of carbonyl (C=O) groups is 1. The lowest BCUT2D eigenvalue weighted by molar-refractivity contribution is -0.124. The predicted octanol–water partition coefficient (Wildman–Crippen LogP) is 1.14. The molecule has 0 aliphatic heterocycles. The summed E-state index contributed by atoms with van der Waals surface area (Å²) in [5.41, 5.74) is -0.183. The van der Waals surface area contributed by atoms with Crippen LogP contribution in [0.4, 0.5) is 0 Å². The van der Waals surface area contributed by atoms with E-state index in [0.29, 0.717) is 19.1 Å². The highest BCUT2D eigenvalue weighted by Crippen LogP contribution is 2.23. The van der Waals surface area contributed by atoms with Gasteiger partial charge in [-0.15, -0.1) is 0 Å². The van der Waals surface area contributed by atoms with Crippen LogP contribution in [0, 0.1) is 0 Å². The van der Waals surface area contributed by atoms with E-state index in [-0.39, 0.29) is 18.1 Å². The number of nitrogens with zero attached hydrogens (tertiary/aromatic N) is 1. The highest BCUT2D eigenvalue weighted by molar-refractivity contribution is 5.78. The molecular formula is C13H26N2O2. The maximum atomic E-state index is 11.9. The van der Waals surface area contributed by atoms with E-state index in [2.05, 4.69) is 10.2 Å². The summed E-state index contributed by atoms with van der Waals surface area (Å²) in [6.45, 7) is 7.08. The average Bonchev–Trinajstić information content (AvgIpc) is 2.66. The van der Waals surface area contributed by atoms with Crippen LogP contribution in [-0.2, 0) is 4.79 Å². The van der Waals surface area contributed by atoms with Crippen molar-refractivity contribution in [1.82, 2.24) is 10.2 Å². The molecule has 0 aromatic rings. The van der Waals surface area contributed by atoms with Crippen LogP contribution >= 0.6 is 0 Å². The molecule has 0 saturated heterocycles. The molecule has 17 heavy (non-hydrogen) atoms. The number of aliphatic hydroxyl groups is 1. The molecule has 100 valence electrons. The van der Waals surface area contributed by atoms with Crippen LogP contribution < -0.4 is 5.32 Å². The molecule has 1 aliphatic carbocycles. The monoisotopic (exact) mass is 242 g/mol. The van der Waals surface area contributed by atoms with Gasteiger partial charge in [-0.05, 0) is 33.6 Å². The van der Waals surface area contributed by atoms with Gasteiger partial charge in [0.25, 0.3) is 0 Å². The molecular weight excluding hydrogens is 216 g/mol. The molecule has 1 saturated carbocycles. The Kier molecular flexibility index (Phi) is 5.40. The van der Waals surface area contributed by atoms with Crippen molar-refractivity contribution in [3.8, 4) is 0 Å². The van der Waals surface area contributed by atoms with Gasteiger partial charge in [-0.25, -0.2) is 0 Å². The fourth-order valence-electron chi connectivity index (χ4n) is 2.43. The molecule has 1 aliphatic rings. The maximum Gasteiger partial charge on any atom is 0.234 e. The third-order valence-corrected chi connectivity index (χ3v) is 3.09. The summed E-state index contributed by atoms with van der Waals surface area (Å²) in [7, 11) is 0. The predicted molar refractivity (Wildman–Crippen MR) is 68.8 cm³/mol. The van der Waals surface area contributed by atoms with Crippen molar-refractivity contribution in [2.75, 3.05) is 19.7 Å². The van der Waals surface area contributed by atoms with Crippen molar-refractivity contribution in [2.45, 2.75) is 58.0 Å². The molecule has 4 nitrogen and oxygen atoms in total. The summed E-state index contributed by atoms with van der Waals surface area (Å²) in [6.07, 6.45) is 4.80. The first-order valence-corrected chi connectivity index (χ1v) is 6.58. The standard InChI is InChI=1S/C13H26N2O2/c1-13(2,3)14-12(17)10-15(8-9-16)11-6-4-5-7-11/h11,16H,4-10H2,1-3H3,(H,14,17). The van der Waals surface area contributed by atoms with Crippen molar-refractivity contribution in [2.24, 2.45) is 0 Å². The lowest BCUT2D eigenvalue weighted by Gasteiger charge is -2.29. The zero-order valence-electron chi connectivity index (χ0n) is 11.3. The molecule has 4 heteroatoms. The second kappa shape index (κ2) is 6.36. The Labute approximate surface area is 104 Å². The van der Waals surface area contributed by atoms with Gasteiger partial charge in [0.05, 0.1) is 13.2 Å². The fraction of sp³-hybridized carbons (Fsp3) is 0.923. The number of carbonyl (C=O) groups excluding carboxylic acids is 1. The lowest BCUT2D eigenvalue weighted by Crippen LogP contribution is -2.48. The van der Waals surface area contributed by atoms with Gasteiger partial charge in [0.1, 0.15) is 0 Å². The third kappa shape index (κ3) is 5.50. The molecule has 0 bridgehead atoms. The molecule has 0 heterocycles. The Balaban J connectivity index is 2.45. The molecule has 0 radical (unpaired) electrons. The number of hydrogen-bond acceptors (Lipinski definition) is 3. The summed E-state index contributed by atoms with van der Waals surface area (Å²) in [6, 6.07) is 0.480. The number of rotatable bonds is 5. The molecule has 0 atom stereocenters. The Morgan fingerprint density at radius 2 is 1.94 bits per heavy atom. The zero-order chi connectivity index (χ0) is 12.9.